The number of fused-ring (bicyclic) bond motifs is 1. The third kappa shape index (κ3) is 2.43. The van der Waals surface area contributed by atoms with E-state index in [2.05, 4.69) is 31.2 Å². The van der Waals surface area contributed by atoms with Crippen molar-refractivity contribution < 1.29 is 5.11 Å². The Morgan fingerprint density at radius 1 is 0.947 bits per heavy atom. The van der Waals surface area contributed by atoms with Gasteiger partial charge in [0.1, 0.15) is 6.10 Å². The van der Waals surface area contributed by atoms with Crippen LogP contribution in [0.5, 0.6) is 0 Å². The average Bonchev–Trinajstić information content (AvgIpc) is 2.46. The second-order valence-corrected chi connectivity index (χ2v) is 5.49. The first kappa shape index (κ1) is 12.4. The average molecular weight is 252 g/mol. The van der Waals surface area contributed by atoms with Crippen LogP contribution in [0.15, 0.2) is 42.5 Å². The number of aryl methyl sites for hydroxylation is 3. The molecule has 0 amide bonds. The summed E-state index contributed by atoms with van der Waals surface area (Å²) in [6, 6.07) is 14.6. The summed E-state index contributed by atoms with van der Waals surface area (Å²) in [5.41, 5.74) is 6.07. The highest BCUT2D eigenvalue weighted by molar-refractivity contribution is 5.40. The smallest absolute Gasteiger partial charge is 0.104 e. The highest BCUT2D eigenvalue weighted by atomic mass is 16.3. The van der Waals surface area contributed by atoms with Gasteiger partial charge in [-0.1, -0.05) is 42.5 Å². The van der Waals surface area contributed by atoms with E-state index in [0.717, 1.165) is 23.1 Å². The molecular formula is C18H20O. The summed E-state index contributed by atoms with van der Waals surface area (Å²) < 4.78 is 0. The number of rotatable bonds is 2. The van der Waals surface area contributed by atoms with E-state index in [4.69, 9.17) is 0 Å². The Morgan fingerprint density at radius 3 is 2.47 bits per heavy atom. The van der Waals surface area contributed by atoms with Gasteiger partial charge in [0.15, 0.2) is 0 Å². The second kappa shape index (κ2) is 5.18. The van der Waals surface area contributed by atoms with E-state index < -0.39 is 6.10 Å². The van der Waals surface area contributed by atoms with Gasteiger partial charge < -0.3 is 5.11 Å². The Balaban J connectivity index is 1.96. The molecule has 1 aliphatic carbocycles. The Bertz CT molecular complexity index is 586. The summed E-state index contributed by atoms with van der Waals surface area (Å²) >= 11 is 0. The van der Waals surface area contributed by atoms with Crippen molar-refractivity contribution in [2.45, 2.75) is 38.7 Å². The van der Waals surface area contributed by atoms with Crippen LogP contribution >= 0.6 is 0 Å². The quantitative estimate of drug-likeness (QED) is 0.858. The maximum Gasteiger partial charge on any atom is 0.104 e. The molecular weight excluding hydrogens is 232 g/mol. The predicted octanol–water partition coefficient (Wildman–Crippen LogP) is 3.96. The molecule has 1 nitrogen and oxygen atoms in total. The van der Waals surface area contributed by atoms with Crippen molar-refractivity contribution in [1.29, 1.82) is 0 Å². The fraction of sp³-hybridized carbons (Fsp3) is 0.333. The van der Waals surface area contributed by atoms with Gasteiger partial charge in [0.25, 0.3) is 0 Å². The number of aliphatic hydroxyl groups is 1. The first-order valence-electron chi connectivity index (χ1n) is 7.11. The summed E-state index contributed by atoms with van der Waals surface area (Å²) in [5.74, 6) is 0. The van der Waals surface area contributed by atoms with Crippen LogP contribution < -0.4 is 0 Å². The highest BCUT2D eigenvalue weighted by Gasteiger charge is 2.15. The third-order valence-corrected chi connectivity index (χ3v) is 4.17. The van der Waals surface area contributed by atoms with Crippen LogP contribution in [0.1, 0.15) is 46.8 Å². The van der Waals surface area contributed by atoms with Gasteiger partial charge in [-0.25, -0.2) is 0 Å². The van der Waals surface area contributed by atoms with Gasteiger partial charge in [-0.05, 0) is 60.4 Å². The van der Waals surface area contributed by atoms with Crippen molar-refractivity contribution in [1.82, 2.24) is 0 Å². The van der Waals surface area contributed by atoms with E-state index in [0.29, 0.717) is 0 Å². The molecule has 1 aliphatic rings. The molecule has 1 unspecified atom stereocenters. The maximum atomic E-state index is 10.6. The fourth-order valence-corrected chi connectivity index (χ4v) is 3.00. The Labute approximate surface area is 114 Å². The van der Waals surface area contributed by atoms with Crippen molar-refractivity contribution in [2.24, 2.45) is 0 Å². The van der Waals surface area contributed by atoms with Gasteiger partial charge in [-0.2, -0.15) is 0 Å². The maximum absolute atomic E-state index is 10.6. The summed E-state index contributed by atoms with van der Waals surface area (Å²) in [6.45, 7) is 2.05. The van der Waals surface area contributed by atoms with Gasteiger partial charge in [0.2, 0.25) is 0 Å². The van der Waals surface area contributed by atoms with Gasteiger partial charge in [-0.15, -0.1) is 0 Å². The van der Waals surface area contributed by atoms with Crippen LogP contribution in [0.3, 0.4) is 0 Å². The molecule has 1 N–H and O–H groups in total. The van der Waals surface area contributed by atoms with Crippen LogP contribution in [0.4, 0.5) is 0 Å². The minimum Gasteiger partial charge on any atom is -0.384 e. The minimum absolute atomic E-state index is 0.506. The molecule has 2 aromatic rings. The van der Waals surface area contributed by atoms with Gasteiger partial charge in [0.05, 0.1) is 0 Å². The molecule has 1 heteroatoms. The van der Waals surface area contributed by atoms with E-state index >= 15 is 0 Å². The van der Waals surface area contributed by atoms with Gasteiger partial charge in [0, 0.05) is 0 Å². The normalized spacial score (nSPS) is 15.9. The number of hydrogen-bond acceptors (Lipinski definition) is 1. The molecule has 0 spiro atoms. The standard InChI is InChI=1S/C18H20O/c1-13-6-2-5-9-17(13)18(19)16-11-10-14-7-3-4-8-15(14)12-16/h2,5-6,9-12,18-19H,3-4,7-8H2,1H3. The second-order valence-electron chi connectivity index (χ2n) is 5.49. The molecule has 98 valence electrons. The molecule has 1 atom stereocenters. The molecule has 0 heterocycles. The largest absolute Gasteiger partial charge is 0.384 e. The molecule has 0 aliphatic heterocycles. The summed E-state index contributed by atoms with van der Waals surface area (Å²) in [5, 5.41) is 10.6. The van der Waals surface area contributed by atoms with Crippen LogP contribution in [0.25, 0.3) is 0 Å². The summed E-state index contributed by atoms with van der Waals surface area (Å²) in [7, 11) is 0. The number of aliphatic hydroxyl groups excluding tert-OH is 1. The van der Waals surface area contributed by atoms with Crippen molar-refractivity contribution >= 4 is 0 Å². The summed E-state index contributed by atoms with van der Waals surface area (Å²) in [4.78, 5) is 0. The summed E-state index contributed by atoms with van der Waals surface area (Å²) in [6.07, 6.45) is 4.41. The molecule has 0 radical (unpaired) electrons. The lowest BCUT2D eigenvalue weighted by Crippen LogP contribution is -2.07. The van der Waals surface area contributed by atoms with E-state index in [1.807, 2.05) is 18.2 Å². The number of hydrogen-bond donors (Lipinski definition) is 1. The third-order valence-electron chi connectivity index (χ3n) is 4.17. The molecule has 19 heavy (non-hydrogen) atoms. The van der Waals surface area contributed by atoms with E-state index in [9.17, 15) is 5.11 Å². The first-order chi connectivity index (χ1) is 9.25. The lowest BCUT2D eigenvalue weighted by molar-refractivity contribution is 0.219. The molecule has 2 aromatic carbocycles. The van der Waals surface area contributed by atoms with E-state index in [-0.39, 0.29) is 0 Å². The Hall–Kier alpha value is -1.60. The molecule has 0 bridgehead atoms. The molecule has 0 saturated carbocycles. The highest BCUT2D eigenvalue weighted by Crippen LogP contribution is 2.29. The van der Waals surface area contributed by atoms with E-state index in [1.165, 1.54) is 30.4 Å². The van der Waals surface area contributed by atoms with Crippen LogP contribution in [0, 0.1) is 6.92 Å². The zero-order valence-electron chi connectivity index (χ0n) is 11.4. The zero-order valence-corrected chi connectivity index (χ0v) is 11.4. The zero-order chi connectivity index (χ0) is 13.2. The van der Waals surface area contributed by atoms with Gasteiger partial charge in [-0.3, -0.25) is 0 Å². The Kier molecular flexibility index (Phi) is 3.39. The van der Waals surface area contributed by atoms with Crippen molar-refractivity contribution in [2.75, 3.05) is 0 Å². The van der Waals surface area contributed by atoms with Crippen molar-refractivity contribution in [3.63, 3.8) is 0 Å². The van der Waals surface area contributed by atoms with Crippen LogP contribution in [-0.4, -0.2) is 5.11 Å². The van der Waals surface area contributed by atoms with Crippen LogP contribution in [-0.2, 0) is 12.8 Å². The Morgan fingerprint density at radius 2 is 1.68 bits per heavy atom. The van der Waals surface area contributed by atoms with E-state index in [1.54, 1.807) is 0 Å². The van der Waals surface area contributed by atoms with Crippen molar-refractivity contribution in [3.05, 3.63) is 70.3 Å². The van der Waals surface area contributed by atoms with Crippen molar-refractivity contribution in [3.8, 4) is 0 Å². The molecule has 0 saturated heterocycles. The monoisotopic (exact) mass is 252 g/mol. The molecule has 0 aromatic heterocycles. The topological polar surface area (TPSA) is 20.2 Å². The fourth-order valence-electron chi connectivity index (χ4n) is 3.00. The lowest BCUT2D eigenvalue weighted by atomic mass is 9.88. The SMILES string of the molecule is Cc1ccccc1C(O)c1ccc2c(c1)CCCC2. The van der Waals surface area contributed by atoms with Gasteiger partial charge >= 0.3 is 0 Å². The lowest BCUT2D eigenvalue weighted by Gasteiger charge is -2.19. The molecule has 3 rings (SSSR count). The van der Waals surface area contributed by atoms with Crippen LogP contribution in [0.2, 0.25) is 0 Å². The minimum atomic E-state index is -0.506. The number of benzene rings is 2. The molecule has 0 fully saturated rings. The first-order valence-corrected chi connectivity index (χ1v) is 7.11. The predicted molar refractivity (Wildman–Crippen MR) is 78.3 cm³/mol.